The van der Waals surface area contributed by atoms with Gasteiger partial charge in [0, 0.05) is 19.4 Å². The molecule has 29 heavy (non-hydrogen) atoms. The Morgan fingerprint density at radius 1 is 0.621 bits per heavy atom. The van der Waals surface area contributed by atoms with Crippen LogP contribution in [-0.4, -0.2) is 79.7 Å². The molecule has 2 saturated heterocycles. The number of aromatic nitrogens is 1. The van der Waals surface area contributed by atoms with Gasteiger partial charge in [0.15, 0.2) is 0 Å². The second-order valence-electron chi connectivity index (χ2n) is 7.21. The van der Waals surface area contributed by atoms with E-state index in [1.165, 1.54) is 58.3 Å². The van der Waals surface area contributed by atoms with Crippen LogP contribution in [0.5, 0.6) is 0 Å². The minimum atomic E-state index is 0. The molecule has 4 nitrogen and oxygen atoms in total. The summed E-state index contributed by atoms with van der Waals surface area (Å²) >= 11 is 0. The summed E-state index contributed by atoms with van der Waals surface area (Å²) in [7, 11) is 8.48. The van der Waals surface area contributed by atoms with Gasteiger partial charge in [-0.3, -0.25) is 0 Å². The van der Waals surface area contributed by atoms with Gasteiger partial charge in [-0.05, 0) is 98.2 Å². The molecular weight excluding hydrogens is 356 g/mol. The maximum atomic E-state index is 2.39. The summed E-state index contributed by atoms with van der Waals surface area (Å²) in [5, 5.41) is 0. The smallest absolute Gasteiger partial charge is 0.0106 e. The van der Waals surface area contributed by atoms with Crippen LogP contribution >= 0.6 is 0 Å². The predicted octanol–water partition coefficient (Wildman–Crippen LogP) is 6.34. The SMILES string of the molecule is C.C.C.C.CCN(C)CC.CN1CCCC1.CN1CCCCC1.Cn1cccc1. The lowest BCUT2D eigenvalue weighted by atomic mass is 10.1. The molecule has 3 heterocycles. The molecule has 0 aliphatic carbocycles. The van der Waals surface area contributed by atoms with Gasteiger partial charge in [0.25, 0.3) is 0 Å². The van der Waals surface area contributed by atoms with Gasteiger partial charge in [0.1, 0.15) is 0 Å². The number of piperidine rings is 1. The summed E-state index contributed by atoms with van der Waals surface area (Å²) in [5.41, 5.74) is 0. The average molecular weight is 417 g/mol. The van der Waals surface area contributed by atoms with Crippen LogP contribution in [0.15, 0.2) is 24.5 Å². The Morgan fingerprint density at radius 3 is 1.03 bits per heavy atom. The van der Waals surface area contributed by atoms with Crippen molar-refractivity contribution in [1.82, 2.24) is 19.3 Å². The van der Waals surface area contributed by atoms with Crippen molar-refractivity contribution < 1.29 is 0 Å². The number of rotatable bonds is 2. The molecule has 4 heteroatoms. The van der Waals surface area contributed by atoms with Crippen molar-refractivity contribution in [2.45, 2.75) is 75.7 Å². The summed E-state index contributed by atoms with van der Waals surface area (Å²) < 4.78 is 2.00. The van der Waals surface area contributed by atoms with E-state index in [0.717, 1.165) is 13.1 Å². The fourth-order valence-electron chi connectivity index (χ4n) is 2.57. The van der Waals surface area contributed by atoms with Gasteiger partial charge in [-0.25, -0.2) is 0 Å². The van der Waals surface area contributed by atoms with E-state index < -0.39 is 0 Å². The van der Waals surface area contributed by atoms with Crippen molar-refractivity contribution in [3.8, 4) is 0 Å². The van der Waals surface area contributed by atoms with Crippen LogP contribution in [0, 0.1) is 0 Å². The quantitative estimate of drug-likeness (QED) is 0.559. The first-order valence-corrected chi connectivity index (χ1v) is 10.1. The Balaban J connectivity index is -0.0000000846. The van der Waals surface area contributed by atoms with Crippen LogP contribution in [0.4, 0.5) is 0 Å². The summed E-state index contributed by atoms with van der Waals surface area (Å²) in [6.07, 6.45) is 11.1. The Kier molecular flexibility index (Phi) is 36.3. The van der Waals surface area contributed by atoms with Crippen molar-refractivity contribution in [2.24, 2.45) is 7.05 Å². The number of hydrogen-bond acceptors (Lipinski definition) is 3. The zero-order valence-electron chi connectivity index (χ0n) is 17.9. The standard InChI is InChI=1S/C6H13N.C5H11N.C5H7N.C5H13N.4CH4/c1-7-5-3-2-4-6-7;2*1-6-4-2-3-5-6;1-4-6(3)5-2;;;;/h2-6H2,1H3;2-5H2,1H3;2-5H,1H3;4-5H2,1-3H3;4*1H4. The Bertz CT molecular complexity index is 349. The number of aryl methyl sites for hydroxylation is 1. The van der Waals surface area contributed by atoms with E-state index in [1.54, 1.807) is 0 Å². The normalized spacial score (nSPS) is 15.3. The van der Waals surface area contributed by atoms with E-state index in [9.17, 15) is 0 Å². The molecule has 2 aliphatic heterocycles. The predicted molar refractivity (Wildman–Crippen MR) is 139 cm³/mol. The lowest BCUT2D eigenvalue weighted by Gasteiger charge is -2.20. The summed E-state index contributed by atoms with van der Waals surface area (Å²) in [6.45, 7) is 11.9. The highest BCUT2D eigenvalue weighted by Gasteiger charge is 2.03. The average Bonchev–Trinajstić information content (AvgIpc) is 3.30. The Hall–Kier alpha value is -0.840. The highest BCUT2D eigenvalue weighted by Crippen LogP contribution is 2.04. The topological polar surface area (TPSA) is 14.7 Å². The molecule has 0 saturated carbocycles. The van der Waals surface area contributed by atoms with E-state index >= 15 is 0 Å². The lowest BCUT2D eigenvalue weighted by molar-refractivity contribution is 0.277. The molecule has 0 spiro atoms. The number of nitrogens with zero attached hydrogens (tertiary/aromatic N) is 4. The van der Waals surface area contributed by atoms with Gasteiger partial charge in [-0.1, -0.05) is 50.0 Å². The van der Waals surface area contributed by atoms with Crippen LogP contribution in [0.1, 0.15) is 75.7 Å². The summed E-state index contributed by atoms with van der Waals surface area (Å²) in [5.74, 6) is 0. The van der Waals surface area contributed by atoms with Gasteiger partial charge in [-0.15, -0.1) is 0 Å². The number of likely N-dealkylation sites (tertiary alicyclic amines) is 2. The fourth-order valence-corrected chi connectivity index (χ4v) is 2.57. The van der Waals surface area contributed by atoms with Gasteiger partial charge >= 0.3 is 0 Å². The van der Waals surface area contributed by atoms with Gasteiger partial charge < -0.3 is 19.3 Å². The Labute approximate surface area is 187 Å². The van der Waals surface area contributed by atoms with Crippen molar-refractivity contribution in [1.29, 1.82) is 0 Å². The van der Waals surface area contributed by atoms with Crippen LogP contribution < -0.4 is 0 Å². The largest absolute Gasteiger partial charge is 0.357 e. The van der Waals surface area contributed by atoms with Crippen LogP contribution in [0.25, 0.3) is 0 Å². The van der Waals surface area contributed by atoms with E-state index in [0.29, 0.717) is 0 Å². The second kappa shape index (κ2) is 27.2. The van der Waals surface area contributed by atoms with Crippen molar-refractivity contribution in [3.63, 3.8) is 0 Å². The van der Waals surface area contributed by atoms with E-state index in [-0.39, 0.29) is 29.7 Å². The second-order valence-corrected chi connectivity index (χ2v) is 7.21. The first-order chi connectivity index (χ1) is 12.0. The molecule has 0 unspecified atom stereocenters. The molecule has 0 amide bonds. The first-order valence-electron chi connectivity index (χ1n) is 10.1. The summed E-state index contributed by atoms with van der Waals surface area (Å²) in [6, 6.07) is 4.00. The number of hydrogen-bond donors (Lipinski definition) is 0. The van der Waals surface area contributed by atoms with Crippen LogP contribution in [0.2, 0.25) is 0 Å². The first kappa shape index (κ1) is 38.7. The third kappa shape index (κ3) is 27.2. The van der Waals surface area contributed by atoms with E-state index in [1.807, 2.05) is 36.1 Å². The third-order valence-corrected chi connectivity index (χ3v) is 4.74. The molecule has 1 aromatic heterocycles. The maximum absolute atomic E-state index is 2.39. The minimum absolute atomic E-state index is 0. The molecule has 2 aliphatic rings. The monoisotopic (exact) mass is 416 g/mol. The Morgan fingerprint density at radius 2 is 0.931 bits per heavy atom. The molecule has 1 aromatic rings. The molecule has 0 bridgehead atoms. The van der Waals surface area contributed by atoms with Gasteiger partial charge in [-0.2, -0.15) is 0 Å². The maximum Gasteiger partial charge on any atom is 0.0106 e. The van der Waals surface area contributed by atoms with E-state index in [2.05, 4.69) is 49.7 Å². The van der Waals surface area contributed by atoms with Crippen molar-refractivity contribution >= 4 is 0 Å². The van der Waals surface area contributed by atoms with Crippen molar-refractivity contribution in [2.75, 3.05) is 60.4 Å². The zero-order chi connectivity index (χ0) is 18.9. The van der Waals surface area contributed by atoms with Crippen LogP contribution in [0.3, 0.4) is 0 Å². The third-order valence-electron chi connectivity index (χ3n) is 4.74. The molecule has 0 radical (unpaired) electrons. The molecule has 2 fully saturated rings. The van der Waals surface area contributed by atoms with Gasteiger partial charge in [0.05, 0.1) is 0 Å². The molecule has 180 valence electrons. The summed E-state index contributed by atoms with van der Waals surface area (Å²) in [4.78, 5) is 7.00. The molecular formula is C25H60N4. The highest BCUT2D eigenvalue weighted by atomic mass is 15.1. The molecule has 0 atom stereocenters. The zero-order valence-corrected chi connectivity index (χ0v) is 17.9. The lowest BCUT2D eigenvalue weighted by Crippen LogP contribution is -2.24. The molecule has 3 rings (SSSR count). The highest BCUT2D eigenvalue weighted by molar-refractivity contribution is 4.88. The van der Waals surface area contributed by atoms with Gasteiger partial charge in [0.2, 0.25) is 0 Å². The fraction of sp³-hybridized carbons (Fsp3) is 0.840. The minimum Gasteiger partial charge on any atom is -0.357 e. The molecule has 0 N–H and O–H groups in total. The van der Waals surface area contributed by atoms with E-state index in [4.69, 9.17) is 0 Å². The van der Waals surface area contributed by atoms with Crippen LogP contribution in [-0.2, 0) is 7.05 Å². The van der Waals surface area contributed by atoms with Crippen molar-refractivity contribution in [3.05, 3.63) is 24.5 Å². The molecule has 0 aromatic carbocycles.